The molecule has 2 aliphatic heterocycles. The molecule has 2 fully saturated rings. The lowest BCUT2D eigenvalue weighted by Gasteiger charge is -2.40. The lowest BCUT2D eigenvalue weighted by molar-refractivity contribution is 0.375. The molecule has 0 aromatic carbocycles. The predicted molar refractivity (Wildman–Crippen MR) is 83.6 cm³/mol. The Morgan fingerprint density at radius 2 is 2.21 bits per heavy atom. The van der Waals surface area contributed by atoms with Gasteiger partial charge in [-0.05, 0) is 61.2 Å². The summed E-state index contributed by atoms with van der Waals surface area (Å²) in [5.41, 5.74) is -0.0331. The van der Waals surface area contributed by atoms with Crippen LogP contribution in [0.3, 0.4) is 0 Å². The van der Waals surface area contributed by atoms with E-state index in [-0.39, 0.29) is 5.56 Å². The van der Waals surface area contributed by atoms with Gasteiger partial charge in [-0.25, -0.2) is 4.98 Å². The van der Waals surface area contributed by atoms with Crippen molar-refractivity contribution in [1.82, 2.24) is 15.3 Å². The van der Waals surface area contributed by atoms with Gasteiger partial charge in [-0.1, -0.05) is 0 Å². The first-order valence-corrected chi connectivity index (χ1v) is 8.08. The summed E-state index contributed by atoms with van der Waals surface area (Å²) in [6, 6.07) is 1.04. The molecule has 1 aromatic rings. The Kier molecular flexibility index (Phi) is 4.07. The summed E-state index contributed by atoms with van der Waals surface area (Å²) < 4.78 is 0.713. The first-order chi connectivity index (χ1) is 9.27. The Morgan fingerprint density at radius 1 is 1.32 bits per heavy atom. The van der Waals surface area contributed by atoms with Crippen LogP contribution < -0.4 is 15.8 Å². The number of hydrogen-bond donors (Lipinski definition) is 2. The van der Waals surface area contributed by atoms with Gasteiger partial charge in [0.25, 0.3) is 5.56 Å². The molecule has 2 saturated heterocycles. The van der Waals surface area contributed by atoms with Crippen molar-refractivity contribution < 1.29 is 0 Å². The number of halogens is 1. The second-order valence-electron chi connectivity index (χ2n) is 5.33. The maximum atomic E-state index is 11.8. The zero-order chi connectivity index (χ0) is 13.2. The number of nitrogens with one attached hydrogen (secondary N) is 2. The summed E-state index contributed by atoms with van der Waals surface area (Å²) in [6.07, 6.45) is 7.68. The molecule has 3 rings (SSSR count). The maximum Gasteiger partial charge on any atom is 0.266 e. The summed E-state index contributed by atoms with van der Waals surface area (Å²) >= 11 is 2.11. The highest BCUT2D eigenvalue weighted by molar-refractivity contribution is 14.1. The van der Waals surface area contributed by atoms with Crippen molar-refractivity contribution in [3.8, 4) is 0 Å². The van der Waals surface area contributed by atoms with Gasteiger partial charge in [0, 0.05) is 18.6 Å². The van der Waals surface area contributed by atoms with Crippen LogP contribution in [0.1, 0.15) is 32.1 Å². The highest BCUT2D eigenvalue weighted by Crippen LogP contribution is 2.29. The third-order valence-corrected chi connectivity index (χ3v) is 5.13. The molecule has 2 aliphatic rings. The van der Waals surface area contributed by atoms with E-state index in [1.165, 1.54) is 38.4 Å². The second-order valence-corrected chi connectivity index (χ2v) is 6.41. The number of nitrogens with zero attached hydrogens (tertiary/aromatic N) is 2. The Bertz CT molecular complexity index is 498. The first kappa shape index (κ1) is 13.4. The SMILES string of the molecule is O=c1[nH]cnc(N2CCCCC2C2CCCN2)c1I. The summed E-state index contributed by atoms with van der Waals surface area (Å²) in [6.45, 7) is 2.13. The van der Waals surface area contributed by atoms with E-state index in [4.69, 9.17) is 0 Å². The van der Waals surface area contributed by atoms with Gasteiger partial charge >= 0.3 is 0 Å². The van der Waals surface area contributed by atoms with Gasteiger partial charge in [0.2, 0.25) is 0 Å². The van der Waals surface area contributed by atoms with E-state index < -0.39 is 0 Å². The summed E-state index contributed by atoms with van der Waals surface area (Å²) in [7, 11) is 0. The molecule has 3 heterocycles. The molecular weight excluding hydrogens is 355 g/mol. The van der Waals surface area contributed by atoms with Gasteiger partial charge in [0.15, 0.2) is 0 Å². The molecule has 0 spiro atoms. The fraction of sp³-hybridized carbons (Fsp3) is 0.692. The number of hydrogen-bond acceptors (Lipinski definition) is 4. The average Bonchev–Trinajstić information content (AvgIpc) is 2.96. The monoisotopic (exact) mass is 374 g/mol. The van der Waals surface area contributed by atoms with E-state index in [0.717, 1.165) is 18.9 Å². The van der Waals surface area contributed by atoms with Crippen LogP contribution in [0.2, 0.25) is 0 Å². The molecule has 2 unspecified atom stereocenters. The van der Waals surface area contributed by atoms with Crippen molar-refractivity contribution in [2.24, 2.45) is 0 Å². The van der Waals surface area contributed by atoms with Crippen molar-refractivity contribution in [1.29, 1.82) is 0 Å². The molecule has 0 bridgehead atoms. The van der Waals surface area contributed by atoms with Crippen molar-refractivity contribution in [2.75, 3.05) is 18.0 Å². The standard InChI is InChI=1S/C13H19IN4O/c14-11-12(16-8-17-13(11)19)18-7-2-1-5-10(18)9-4-3-6-15-9/h8-10,15H,1-7H2,(H,16,17,19). The third-order valence-electron chi connectivity index (χ3n) is 4.16. The van der Waals surface area contributed by atoms with Crippen LogP contribution in [0.4, 0.5) is 5.82 Å². The molecule has 2 N–H and O–H groups in total. The second kappa shape index (κ2) is 5.78. The van der Waals surface area contributed by atoms with Crippen LogP contribution >= 0.6 is 22.6 Å². The zero-order valence-corrected chi connectivity index (χ0v) is 13.0. The van der Waals surface area contributed by atoms with Gasteiger partial charge in [0.1, 0.15) is 9.39 Å². The van der Waals surface area contributed by atoms with Crippen LogP contribution in [-0.2, 0) is 0 Å². The zero-order valence-electron chi connectivity index (χ0n) is 10.9. The molecule has 104 valence electrons. The molecule has 0 amide bonds. The summed E-state index contributed by atoms with van der Waals surface area (Å²) in [5.74, 6) is 0.864. The molecule has 0 aliphatic carbocycles. The van der Waals surface area contributed by atoms with Gasteiger partial charge < -0.3 is 15.2 Å². The first-order valence-electron chi connectivity index (χ1n) is 7.00. The molecule has 2 atom stereocenters. The number of anilines is 1. The number of H-pyrrole nitrogens is 1. The van der Waals surface area contributed by atoms with Gasteiger partial charge in [-0.3, -0.25) is 4.79 Å². The smallest absolute Gasteiger partial charge is 0.266 e. The van der Waals surface area contributed by atoms with Gasteiger partial charge in [0.05, 0.1) is 6.33 Å². The molecule has 0 radical (unpaired) electrons. The van der Waals surface area contributed by atoms with Crippen LogP contribution in [0.25, 0.3) is 0 Å². The topological polar surface area (TPSA) is 61.0 Å². The number of rotatable bonds is 2. The average molecular weight is 374 g/mol. The minimum Gasteiger partial charge on any atom is -0.351 e. The van der Waals surface area contributed by atoms with E-state index >= 15 is 0 Å². The highest BCUT2D eigenvalue weighted by Gasteiger charge is 2.33. The van der Waals surface area contributed by atoms with Gasteiger partial charge in [-0.2, -0.15) is 0 Å². The number of piperidine rings is 1. The van der Waals surface area contributed by atoms with Crippen molar-refractivity contribution in [3.05, 3.63) is 20.3 Å². The van der Waals surface area contributed by atoms with Crippen molar-refractivity contribution in [2.45, 2.75) is 44.2 Å². The van der Waals surface area contributed by atoms with E-state index in [1.807, 2.05) is 0 Å². The lowest BCUT2D eigenvalue weighted by atomic mass is 9.94. The highest BCUT2D eigenvalue weighted by atomic mass is 127. The third kappa shape index (κ3) is 2.65. The van der Waals surface area contributed by atoms with E-state index in [0.29, 0.717) is 15.7 Å². The van der Waals surface area contributed by atoms with Crippen molar-refractivity contribution in [3.63, 3.8) is 0 Å². The Morgan fingerprint density at radius 3 is 3.00 bits per heavy atom. The van der Waals surface area contributed by atoms with Crippen LogP contribution in [-0.4, -0.2) is 35.1 Å². The molecule has 19 heavy (non-hydrogen) atoms. The molecule has 1 aromatic heterocycles. The number of aromatic amines is 1. The molecule has 6 heteroatoms. The van der Waals surface area contributed by atoms with Gasteiger partial charge in [-0.15, -0.1) is 0 Å². The van der Waals surface area contributed by atoms with Crippen LogP contribution in [0.15, 0.2) is 11.1 Å². The van der Waals surface area contributed by atoms with Crippen molar-refractivity contribution >= 4 is 28.4 Å². The fourth-order valence-electron chi connectivity index (χ4n) is 3.25. The van der Waals surface area contributed by atoms with Crippen LogP contribution in [0.5, 0.6) is 0 Å². The lowest BCUT2D eigenvalue weighted by Crippen LogP contribution is -2.51. The molecule has 5 nitrogen and oxygen atoms in total. The molecule has 0 saturated carbocycles. The minimum absolute atomic E-state index is 0.0331. The number of aromatic nitrogens is 2. The summed E-state index contributed by atoms with van der Waals surface area (Å²) in [5, 5.41) is 3.60. The van der Waals surface area contributed by atoms with E-state index in [9.17, 15) is 4.79 Å². The Hall–Kier alpha value is -0.630. The Balaban J connectivity index is 1.91. The van der Waals surface area contributed by atoms with E-state index in [1.54, 1.807) is 0 Å². The van der Waals surface area contributed by atoms with Crippen LogP contribution in [0, 0.1) is 3.57 Å². The minimum atomic E-state index is -0.0331. The largest absolute Gasteiger partial charge is 0.351 e. The quantitative estimate of drug-likeness (QED) is 0.771. The van der Waals surface area contributed by atoms with E-state index in [2.05, 4.69) is 42.8 Å². The maximum absolute atomic E-state index is 11.8. The molecular formula is C13H19IN4O. The Labute approximate surface area is 126 Å². The normalized spacial score (nSPS) is 27.7. The predicted octanol–water partition coefficient (Wildman–Crippen LogP) is 1.49. The summed E-state index contributed by atoms with van der Waals surface area (Å²) in [4.78, 5) is 21.2. The fourth-order valence-corrected chi connectivity index (χ4v) is 3.86.